The fraction of sp³-hybridized carbons (Fsp3) is 0.0588. The molecule has 0 aliphatic heterocycles. The van der Waals surface area contributed by atoms with Crippen LogP contribution in [0.1, 0.15) is 5.56 Å². The van der Waals surface area contributed by atoms with E-state index in [1.165, 1.54) is 0 Å². The lowest BCUT2D eigenvalue weighted by Gasteiger charge is -2.08. The van der Waals surface area contributed by atoms with Crippen molar-refractivity contribution < 1.29 is 4.79 Å². The standard InChI is InChI=1S/C17H15ClN4OS/c18-13-2-1-3-16(8-13)24-15-6-4-14(5-7-15)22-17(23)19-9-12-10-20-21-11-12/h1-8,10-11H,9H2,(H,20,21)(H2,19,22,23). The highest BCUT2D eigenvalue weighted by Gasteiger charge is 2.03. The molecule has 24 heavy (non-hydrogen) atoms. The summed E-state index contributed by atoms with van der Waals surface area (Å²) in [6.45, 7) is 0.422. The van der Waals surface area contributed by atoms with Crippen LogP contribution in [0.5, 0.6) is 0 Å². The zero-order valence-corrected chi connectivity index (χ0v) is 14.2. The Balaban J connectivity index is 1.53. The van der Waals surface area contributed by atoms with Gasteiger partial charge in [0.25, 0.3) is 0 Å². The number of anilines is 1. The van der Waals surface area contributed by atoms with Gasteiger partial charge in [0.2, 0.25) is 0 Å². The molecule has 3 rings (SSSR count). The van der Waals surface area contributed by atoms with Crippen LogP contribution in [-0.2, 0) is 6.54 Å². The van der Waals surface area contributed by atoms with Crippen LogP contribution < -0.4 is 10.6 Å². The molecule has 0 unspecified atom stereocenters. The van der Waals surface area contributed by atoms with Gasteiger partial charge in [-0.2, -0.15) is 5.10 Å². The Hall–Kier alpha value is -2.44. The van der Waals surface area contributed by atoms with Crippen molar-refractivity contribution in [2.75, 3.05) is 5.32 Å². The first kappa shape index (κ1) is 16.4. The molecule has 3 N–H and O–H groups in total. The number of halogens is 1. The molecule has 1 aromatic heterocycles. The van der Waals surface area contributed by atoms with Gasteiger partial charge in [-0.25, -0.2) is 4.79 Å². The average molecular weight is 359 g/mol. The van der Waals surface area contributed by atoms with Crippen LogP contribution in [0.25, 0.3) is 0 Å². The zero-order chi connectivity index (χ0) is 16.8. The Morgan fingerprint density at radius 3 is 2.71 bits per heavy atom. The van der Waals surface area contributed by atoms with Gasteiger partial charge in [-0.05, 0) is 42.5 Å². The third kappa shape index (κ3) is 4.78. The number of hydrogen-bond acceptors (Lipinski definition) is 3. The molecule has 1 heterocycles. The van der Waals surface area contributed by atoms with Crippen LogP contribution in [0.15, 0.2) is 70.7 Å². The van der Waals surface area contributed by atoms with Crippen molar-refractivity contribution in [1.82, 2.24) is 15.5 Å². The lowest BCUT2D eigenvalue weighted by molar-refractivity contribution is 0.251. The lowest BCUT2D eigenvalue weighted by atomic mass is 10.3. The predicted octanol–water partition coefficient (Wildman–Crippen LogP) is 4.54. The second-order valence-electron chi connectivity index (χ2n) is 5.00. The number of rotatable bonds is 5. The number of nitrogens with one attached hydrogen (secondary N) is 3. The van der Waals surface area contributed by atoms with E-state index in [2.05, 4.69) is 20.8 Å². The lowest BCUT2D eigenvalue weighted by Crippen LogP contribution is -2.27. The Morgan fingerprint density at radius 1 is 1.17 bits per heavy atom. The van der Waals surface area contributed by atoms with Crippen LogP contribution in [0.4, 0.5) is 10.5 Å². The van der Waals surface area contributed by atoms with Crippen molar-refractivity contribution in [2.24, 2.45) is 0 Å². The molecule has 5 nitrogen and oxygen atoms in total. The minimum absolute atomic E-state index is 0.258. The Bertz CT molecular complexity index is 806. The maximum Gasteiger partial charge on any atom is 0.319 e. The third-order valence-electron chi connectivity index (χ3n) is 3.15. The van der Waals surface area contributed by atoms with E-state index in [9.17, 15) is 4.79 Å². The van der Waals surface area contributed by atoms with Crippen LogP contribution in [0.3, 0.4) is 0 Å². The van der Waals surface area contributed by atoms with Gasteiger partial charge in [0, 0.05) is 38.8 Å². The zero-order valence-electron chi connectivity index (χ0n) is 12.6. The minimum atomic E-state index is -0.258. The molecule has 0 aliphatic carbocycles. The fourth-order valence-electron chi connectivity index (χ4n) is 2.00. The molecule has 0 spiro atoms. The molecule has 0 radical (unpaired) electrons. The molecule has 0 saturated heterocycles. The van der Waals surface area contributed by atoms with E-state index in [0.717, 1.165) is 21.0 Å². The highest BCUT2D eigenvalue weighted by molar-refractivity contribution is 7.99. The summed E-state index contributed by atoms with van der Waals surface area (Å²) in [6.07, 6.45) is 3.41. The van der Waals surface area contributed by atoms with Crippen LogP contribution in [0, 0.1) is 0 Å². The Morgan fingerprint density at radius 2 is 2.00 bits per heavy atom. The van der Waals surface area contributed by atoms with Crippen molar-refractivity contribution in [3.63, 3.8) is 0 Å². The topological polar surface area (TPSA) is 69.8 Å². The monoisotopic (exact) mass is 358 g/mol. The highest BCUT2D eigenvalue weighted by atomic mass is 35.5. The minimum Gasteiger partial charge on any atom is -0.334 e. The molecule has 3 aromatic rings. The van der Waals surface area contributed by atoms with E-state index >= 15 is 0 Å². The number of amides is 2. The van der Waals surface area contributed by atoms with E-state index in [4.69, 9.17) is 11.6 Å². The summed E-state index contributed by atoms with van der Waals surface area (Å²) in [6, 6.07) is 15.1. The average Bonchev–Trinajstić information content (AvgIpc) is 3.08. The highest BCUT2D eigenvalue weighted by Crippen LogP contribution is 2.30. The molecule has 2 aromatic carbocycles. The number of benzene rings is 2. The number of carbonyl (C=O) groups excluding carboxylic acids is 1. The molecule has 0 fully saturated rings. The van der Waals surface area contributed by atoms with Crippen molar-refractivity contribution in [1.29, 1.82) is 0 Å². The van der Waals surface area contributed by atoms with Gasteiger partial charge in [-0.15, -0.1) is 0 Å². The first-order chi connectivity index (χ1) is 11.7. The summed E-state index contributed by atoms with van der Waals surface area (Å²) in [5, 5.41) is 12.8. The Kier molecular flexibility index (Phi) is 5.40. The van der Waals surface area contributed by atoms with E-state index in [1.807, 2.05) is 48.5 Å². The van der Waals surface area contributed by atoms with E-state index in [0.29, 0.717) is 11.6 Å². The number of urea groups is 1. The van der Waals surface area contributed by atoms with Gasteiger partial charge in [-0.3, -0.25) is 5.10 Å². The number of aromatic nitrogens is 2. The van der Waals surface area contributed by atoms with Crippen molar-refractivity contribution in [3.05, 3.63) is 71.5 Å². The molecular formula is C17H15ClN4OS. The number of H-pyrrole nitrogens is 1. The summed E-state index contributed by atoms with van der Waals surface area (Å²) in [4.78, 5) is 14.0. The maximum atomic E-state index is 11.8. The van der Waals surface area contributed by atoms with E-state index in [1.54, 1.807) is 24.2 Å². The normalized spacial score (nSPS) is 10.4. The van der Waals surface area contributed by atoms with Gasteiger partial charge in [-0.1, -0.05) is 29.4 Å². The molecule has 7 heteroatoms. The molecule has 122 valence electrons. The molecule has 0 bridgehead atoms. The van der Waals surface area contributed by atoms with Crippen molar-refractivity contribution >= 4 is 35.1 Å². The van der Waals surface area contributed by atoms with Gasteiger partial charge in [0.15, 0.2) is 0 Å². The van der Waals surface area contributed by atoms with Gasteiger partial charge < -0.3 is 10.6 Å². The predicted molar refractivity (Wildman–Crippen MR) is 96.5 cm³/mol. The van der Waals surface area contributed by atoms with Crippen molar-refractivity contribution in [3.8, 4) is 0 Å². The molecule has 0 saturated carbocycles. The summed E-state index contributed by atoms with van der Waals surface area (Å²) in [5.41, 5.74) is 1.65. The second-order valence-corrected chi connectivity index (χ2v) is 6.58. The summed E-state index contributed by atoms with van der Waals surface area (Å²) in [7, 11) is 0. The number of carbonyl (C=O) groups is 1. The third-order valence-corrected chi connectivity index (χ3v) is 4.38. The molecule has 0 aliphatic rings. The van der Waals surface area contributed by atoms with E-state index in [-0.39, 0.29) is 6.03 Å². The first-order valence-corrected chi connectivity index (χ1v) is 8.44. The number of hydrogen-bond donors (Lipinski definition) is 3. The fourth-order valence-corrected chi connectivity index (χ4v) is 3.14. The molecule has 0 atom stereocenters. The molecule has 2 amide bonds. The first-order valence-electron chi connectivity index (χ1n) is 7.25. The summed E-state index contributed by atoms with van der Waals surface area (Å²) < 4.78 is 0. The van der Waals surface area contributed by atoms with Gasteiger partial charge in [0.05, 0.1) is 6.20 Å². The summed E-state index contributed by atoms with van der Waals surface area (Å²) in [5.74, 6) is 0. The van der Waals surface area contributed by atoms with Crippen LogP contribution >= 0.6 is 23.4 Å². The SMILES string of the molecule is O=C(NCc1cn[nH]c1)Nc1ccc(Sc2cccc(Cl)c2)cc1. The maximum absolute atomic E-state index is 11.8. The van der Waals surface area contributed by atoms with E-state index < -0.39 is 0 Å². The Labute approximate surface area is 148 Å². The number of aromatic amines is 1. The van der Waals surface area contributed by atoms with Gasteiger partial charge in [0.1, 0.15) is 0 Å². The van der Waals surface area contributed by atoms with Crippen molar-refractivity contribution in [2.45, 2.75) is 16.3 Å². The number of nitrogens with zero attached hydrogens (tertiary/aromatic N) is 1. The molecular weight excluding hydrogens is 344 g/mol. The van der Waals surface area contributed by atoms with Crippen LogP contribution in [0.2, 0.25) is 5.02 Å². The quantitative estimate of drug-likeness (QED) is 0.627. The smallest absolute Gasteiger partial charge is 0.319 e. The second kappa shape index (κ2) is 7.90. The largest absolute Gasteiger partial charge is 0.334 e. The summed E-state index contributed by atoms with van der Waals surface area (Å²) >= 11 is 7.60. The van der Waals surface area contributed by atoms with Crippen LogP contribution in [-0.4, -0.2) is 16.2 Å². The van der Waals surface area contributed by atoms with Gasteiger partial charge >= 0.3 is 6.03 Å².